The average molecular weight is 185 g/mol. The lowest BCUT2D eigenvalue weighted by molar-refractivity contribution is 1.46. The first-order chi connectivity index (χ1) is 6.70. The highest BCUT2D eigenvalue weighted by atomic mass is 14.2. The summed E-state index contributed by atoms with van der Waals surface area (Å²) in [5, 5.41) is 7.79. The quantitative estimate of drug-likeness (QED) is 0.610. The van der Waals surface area contributed by atoms with Crippen molar-refractivity contribution in [2.24, 2.45) is 0 Å². The van der Waals surface area contributed by atoms with Crippen LogP contribution in [0.2, 0.25) is 0 Å². The van der Waals surface area contributed by atoms with Crippen LogP contribution < -0.4 is 0 Å². The number of nitriles is 1. The molecule has 0 spiro atoms. The van der Waals surface area contributed by atoms with Crippen molar-refractivity contribution < 1.29 is 0 Å². The molecule has 0 amide bonds. The molecule has 0 atom stereocenters. The molecule has 1 nitrogen and oxygen atoms in total. The predicted molar refractivity (Wildman–Crippen MR) is 61.6 cm³/mol. The Morgan fingerprint density at radius 2 is 1.86 bits per heavy atom. The van der Waals surface area contributed by atoms with E-state index in [2.05, 4.69) is 24.8 Å². The highest BCUT2D eigenvalue weighted by molar-refractivity contribution is 5.47. The number of benzene rings is 1. The van der Waals surface area contributed by atoms with Gasteiger partial charge in [-0.15, -0.1) is 0 Å². The molecule has 0 bridgehead atoms. The first-order valence-electron chi connectivity index (χ1n) is 4.44. The Morgan fingerprint density at radius 3 is 2.21 bits per heavy atom. The minimum Gasteiger partial charge on any atom is -0.193 e. The van der Waals surface area contributed by atoms with Gasteiger partial charge in [-0.1, -0.05) is 49.1 Å². The summed E-state index contributed by atoms with van der Waals surface area (Å²) in [4.78, 5) is 0. The SMILES string of the molecule is C=C(C)C#N.CC=Cc1ccccc1. The monoisotopic (exact) mass is 185 g/mol. The van der Waals surface area contributed by atoms with Gasteiger partial charge in [0, 0.05) is 5.57 Å². The van der Waals surface area contributed by atoms with E-state index in [-0.39, 0.29) is 0 Å². The minimum atomic E-state index is 0.560. The topological polar surface area (TPSA) is 23.8 Å². The van der Waals surface area contributed by atoms with E-state index in [1.807, 2.05) is 37.3 Å². The van der Waals surface area contributed by atoms with Crippen molar-refractivity contribution in [3.05, 3.63) is 54.1 Å². The fourth-order valence-electron chi connectivity index (χ4n) is 0.757. The number of allylic oxidation sites excluding steroid dienone is 2. The van der Waals surface area contributed by atoms with Gasteiger partial charge in [0.1, 0.15) is 0 Å². The minimum absolute atomic E-state index is 0.560. The van der Waals surface area contributed by atoms with Crippen LogP contribution in [-0.4, -0.2) is 0 Å². The van der Waals surface area contributed by atoms with E-state index >= 15 is 0 Å². The summed E-state index contributed by atoms with van der Waals surface area (Å²) >= 11 is 0. The number of hydrogen-bond donors (Lipinski definition) is 0. The Balaban J connectivity index is 0.000000292. The van der Waals surface area contributed by atoms with Crippen LogP contribution in [0, 0.1) is 11.3 Å². The third-order valence-corrected chi connectivity index (χ3v) is 1.35. The second kappa shape index (κ2) is 7.82. The normalized spacial score (nSPS) is 8.64. The van der Waals surface area contributed by atoms with Crippen LogP contribution in [-0.2, 0) is 0 Å². The molecule has 0 saturated carbocycles. The predicted octanol–water partition coefficient (Wildman–Crippen LogP) is 3.81. The van der Waals surface area contributed by atoms with Gasteiger partial charge in [-0.25, -0.2) is 0 Å². The molecule has 1 aromatic carbocycles. The lowest BCUT2D eigenvalue weighted by atomic mass is 10.2. The molecule has 0 fully saturated rings. The molecule has 0 aromatic heterocycles. The van der Waals surface area contributed by atoms with Gasteiger partial charge in [-0.3, -0.25) is 0 Å². The summed E-state index contributed by atoms with van der Waals surface area (Å²) < 4.78 is 0. The Morgan fingerprint density at radius 1 is 1.36 bits per heavy atom. The maximum atomic E-state index is 7.79. The number of rotatable bonds is 1. The van der Waals surface area contributed by atoms with Gasteiger partial charge in [-0.2, -0.15) is 5.26 Å². The summed E-state index contributed by atoms with van der Waals surface area (Å²) in [6, 6.07) is 12.1. The zero-order chi connectivity index (χ0) is 10.8. The average Bonchev–Trinajstić information content (AvgIpc) is 2.21. The molecule has 0 N–H and O–H groups in total. The van der Waals surface area contributed by atoms with E-state index in [0.29, 0.717) is 5.57 Å². The van der Waals surface area contributed by atoms with E-state index in [9.17, 15) is 0 Å². The molecule has 1 heteroatoms. The summed E-state index contributed by atoms with van der Waals surface area (Å²) in [6.07, 6.45) is 4.12. The van der Waals surface area contributed by atoms with Gasteiger partial charge >= 0.3 is 0 Å². The Hall–Kier alpha value is -1.81. The highest BCUT2D eigenvalue weighted by Gasteiger charge is 1.77. The third-order valence-electron chi connectivity index (χ3n) is 1.35. The smallest absolute Gasteiger partial charge is 0.0937 e. The van der Waals surface area contributed by atoms with Gasteiger partial charge < -0.3 is 0 Å². The maximum absolute atomic E-state index is 7.79. The molecule has 0 radical (unpaired) electrons. The standard InChI is InChI=1S/C9H10.C4H5N/c1-2-6-9-7-4-3-5-8-9;1-4(2)3-5/h2-8H,1H3;1H2,2H3. The van der Waals surface area contributed by atoms with Crippen molar-refractivity contribution in [1.82, 2.24) is 0 Å². The Kier molecular flexibility index (Phi) is 6.81. The van der Waals surface area contributed by atoms with Crippen LogP contribution in [0.3, 0.4) is 0 Å². The number of hydrogen-bond acceptors (Lipinski definition) is 1. The van der Waals surface area contributed by atoms with Crippen LogP contribution in [0.25, 0.3) is 6.08 Å². The maximum Gasteiger partial charge on any atom is 0.0937 e. The summed E-state index contributed by atoms with van der Waals surface area (Å²) in [6.45, 7) is 7.00. The molecule has 0 heterocycles. The molecule has 1 rings (SSSR count). The molecule has 14 heavy (non-hydrogen) atoms. The molecule has 1 aromatic rings. The molecule has 0 aliphatic heterocycles. The zero-order valence-electron chi connectivity index (χ0n) is 8.70. The fourth-order valence-corrected chi connectivity index (χ4v) is 0.757. The molecular weight excluding hydrogens is 170 g/mol. The molecular formula is C13H15N. The molecule has 72 valence electrons. The highest BCUT2D eigenvalue weighted by Crippen LogP contribution is 1.99. The largest absolute Gasteiger partial charge is 0.193 e. The van der Waals surface area contributed by atoms with E-state index < -0.39 is 0 Å². The van der Waals surface area contributed by atoms with Crippen LogP contribution in [0.4, 0.5) is 0 Å². The van der Waals surface area contributed by atoms with Gasteiger partial charge in [0.2, 0.25) is 0 Å². The Labute approximate surface area is 86.0 Å². The van der Waals surface area contributed by atoms with Crippen LogP contribution >= 0.6 is 0 Å². The second-order valence-corrected chi connectivity index (χ2v) is 2.80. The third kappa shape index (κ3) is 6.87. The van der Waals surface area contributed by atoms with Crippen molar-refractivity contribution in [3.63, 3.8) is 0 Å². The van der Waals surface area contributed by atoms with Gasteiger partial charge in [0.25, 0.3) is 0 Å². The lowest BCUT2D eigenvalue weighted by Crippen LogP contribution is -1.65. The van der Waals surface area contributed by atoms with Gasteiger partial charge in [0.05, 0.1) is 6.07 Å². The summed E-state index contributed by atoms with van der Waals surface area (Å²) in [5.74, 6) is 0. The van der Waals surface area contributed by atoms with E-state index in [1.54, 1.807) is 6.92 Å². The molecule has 0 aliphatic rings. The lowest BCUT2D eigenvalue weighted by Gasteiger charge is -1.86. The van der Waals surface area contributed by atoms with Crippen LogP contribution in [0.5, 0.6) is 0 Å². The van der Waals surface area contributed by atoms with Crippen molar-refractivity contribution in [2.45, 2.75) is 13.8 Å². The van der Waals surface area contributed by atoms with Crippen LogP contribution in [0.15, 0.2) is 48.6 Å². The summed E-state index contributed by atoms with van der Waals surface area (Å²) in [7, 11) is 0. The molecule has 0 saturated heterocycles. The number of nitrogens with zero attached hydrogens (tertiary/aromatic N) is 1. The van der Waals surface area contributed by atoms with Crippen molar-refractivity contribution in [2.75, 3.05) is 0 Å². The fraction of sp³-hybridized carbons (Fsp3) is 0.154. The van der Waals surface area contributed by atoms with Crippen molar-refractivity contribution >= 4 is 6.08 Å². The molecule has 0 unspecified atom stereocenters. The van der Waals surface area contributed by atoms with Crippen LogP contribution in [0.1, 0.15) is 19.4 Å². The van der Waals surface area contributed by atoms with E-state index in [1.165, 1.54) is 5.56 Å². The van der Waals surface area contributed by atoms with Gasteiger partial charge in [-0.05, 0) is 19.4 Å². The molecule has 0 aliphatic carbocycles. The van der Waals surface area contributed by atoms with E-state index in [0.717, 1.165) is 0 Å². The van der Waals surface area contributed by atoms with Crippen molar-refractivity contribution in [1.29, 1.82) is 5.26 Å². The van der Waals surface area contributed by atoms with Gasteiger partial charge in [0.15, 0.2) is 0 Å². The summed E-state index contributed by atoms with van der Waals surface area (Å²) in [5.41, 5.74) is 1.82. The first-order valence-corrected chi connectivity index (χ1v) is 4.44. The Bertz CT molecular complexity index is 328. The first kappa shape index (κ1) is 12.2. The van der Waals surface area contributed by atoms with E-state index in [4.69, 9.17) is 5.26 Å². The van der Waals surface area contributed by atoms with Crippen molar-refractivity contribution in [3.8, 4) is 6.07 Å². The zero-order valence-corrected chi connectivity index (χ0v) is 8.70. The second-order valence-electron chi connectivity index (χ2n) is 2.80.